The molecule has 0 bridgehead atoms. The van der Waals surface area contributed by atoms with E-state index in [0.29, 0.717) is 34.5 Å². The van der Waals surface area contributed by atoms with Gasteiger partial charge in [0, 0.05) is 27.7 Å². The number of aromatic nitrogens is 3. The van der Waals surface area contributed by atoms with Gasteiger partial charge in [-0.2, -0.15) is 5.10 Å². The predicted molar refractivity (Wildman–Crippen MR) is 116 cm³/mol. The van der Waals surface area contributed by atoms with E-state index in [9.17, 15) is 9.59 Å². The maximum absolute atomic E-state index is 12.0. The van der Waals surface area contributed by atoms with Gasteiger partial charge in [0.05, 0.1) is 18.8 Å². The third-order valence-corrected chi connectivity index (χ3v) is 5.96. The van der Waals surface area contributed by atoms with E-state index in [2.05, 4.69) is 5.10 Å². The summed E-state index contributed by atoms with van der Waals surface area (Å²) in [5.74, 6) is -0.514. The van der Waals surface area contributed by atoms with Gasteiger partial charge in [-0.3, -0.25) is 9.36 Å². The second kappa shape index (κ2) is 9.43. The molecule has 152 valence electrons. The maximum Gasteiger partial charge on any atom is 0.330 e. The van der Waals surface area contributed by atoms with Crippen molar-refractivity contribution in [3.8, 4) is 0 Å². The summed E-state index contributed by atoms with van der Waals surface area (Å²) in [6, 6.07) is 7.47. The van der Waals surface area contributed by atoms with Crippen LogP contribution >= 0.6 is 34.5 Å². The molecule has 29 heavy (non-hydrogen) atoms. The van der Waals surface area contributed by atoms with Gasteiger partial charge >= 0.3 is 10.8 Å². The highest BCUT2D eigenvalue weighted by atomic mass is 35.5. The van der Waals surface area contributed by atoms with Crippen LogP contribution in [0.3, 0.4) is 0 Å². The molecule has 0 spiro atoms. The van der Waals surface area contributed by atoms with Gasteiger partial charge in [0.1, 0.15) is 11.8 Å². The smallest absolute Gasteiger partial charge is 0.330 e. The van der Waals surface area contributed by atoms with E-state index in [0.717, 1.165) is 22.6 Å². The molecular formula is C20H19Cl2N3O3S. The van der Waals surface area contributed by atoms with E-state index < -0.39 is 5.97 Å². The Kier molecular flexibility index (Phi) is 6.95. The molecule has 1 aromatic carbocycles. The van der Waals surface area contributed by atoms with Crippen LogP contribution in [-0.4, -0.2) is 26.9 Å². The van der Waals surface area contributed by atoms with Gasteiger partial charge in [0.2, 0.25) is 0 Å². The highest BCUT2D eigenvalue weighted by molar-refractivity contribution is 7.07. The molecule has 0 saturated carbocycles. The van der Waals surface area contributed by atoms with Crippen molar-refractivity contribution in [3.05, 3.63) is 78.1 Å². The van der Waals surface area contributed by atoms with Crippen molar-refractivity contribution >= 4 is 46.6 Å². The summed E-state index contributed by atoms with van der Waals surface area (Å²) in [6.45, 7) is 4.51. The monoisotopic (exact) mass is 451 g/mol. The molecular weight excluding hydrogens is 433 g/mol. The Labute approximate surface area is 181 Å². The summed E-state index contributed by atoms with van der Waals surface area (Å²) in [6.07, 6.45) is 2.89. The van der Waals surface area contributed by atoms with E-state index in [4.69, 9.17) is 27.9 Å². The largest absolute Gasteiger partial charge is 0.461 e. The highest BCUT2D eigenvalue weighted by Crippen LogP contribution is 2.24. The van der Waals surface area contributed by atoms with Crippen LogP contribution in [0.4, 0.5) is 0 Å². The van der Waals surface area contributed by atoms with Crippen molar-refractivity contribution in [1.82, 2.24) is 14.3 Å². The van der Waals surface area contributed by atoms with E-state index in [1.165, 1.54) is 6.08 Å². The van der Waals surface area contributed by atoms with Gasteiger partial charge in [-0.05, 0) is 31.6 Å². The normalized spacial score (nSPS) is 11.3. The average molecular weight is 452 g/mol. The number of carbonyl (C=O) groups is 1. The summed E-state index contributed by atoms with van der Waals surface area (Å²) in [7, 11) is 0. The second-order valence-electron chi connectivity index (χ2n) is 6.33. The van der Waals surface area contributed by atoms with Crippen molar-refractivity contribution in [2.45, 2.75) is 26.9 Å². The molecule has 0 radical (unpaired) electrons. The van der Waals surface area contributed by atoms with Crippen LogP contribution in [-0.2, 0) is 22.6 Å². The molecule has 6 nitrogen and oxygen atoms in total. The zero-order chi connectivity index (χ0) is 21.0. The van der Waals surface area contributed by atoms with Gasteiger partial charge < -0.3 is 4.74 Å². The lowest BCUT2D eigenvalue weighted by molar-refractivity contribution is -0.137. The first kappa shape index (κ1) is 21.4. The predicted octanol–water partition coefficient (Wildman–Crippen LogP) is 4.33. The molecule has 0 aliphatic rings. The number of halogens is 2. The Morgan fingerprint density at radius 2 is 2.03 bits per heavy atom. The minimum atomic E-state index is -0.514. The first-order valence-electron chi connectivity index (χ1n) is 8.83. The molecule has 0 aliphatic carbocycles. The van der Waals surface area contributed by atoms with Crippen LogP contribution in [0, 0.1) is 13.8 Å². The summed E-state index contributed by atoms with van der Waals surface area (Å²) >= 11 is 13.8. The SMILES string of the molecule is Cc1nn(Cc2ccccc2Cl)c(Cl)c1/C=C/C(=O)OCCn1c(C)csc1=O. The molecule has 3 rings (SSSR count). The number of hydrogen-bond acceptors (Lipinski definition) is 5. The fourth-order valence-electron chi connectivity index (χ4n) is 2.76. The number of thiazole rings is 1. The zero-order valence-corrected chi connectivity index (χ0v) is 18.2. The van der Waals surface area contributed by atoms with Crippen LogP contribution in [0.5, 0.6) is 0 Å². The molecule has 0 unspecified atom stereocenters. The number of benzene rings is 1. The van der Waals surface area contributed by atoms with Crippen LogP contribution in [0.25, 0.3) is 6.08 Å². The Balaban J connectivity index is 1.63. The first-order chi connectivity index (χ1) is 13.9. The Hall–Kier alpha value is -2.35. The molecule has 0 atom stereocenters. The van der Waals surface area contributed by atoms with Crippen LogP contribution in [0.15, 0.2) is 40.5 Å². The lowest BCUT2D eigenvalue weighted by Gasteiger charge is -2.05. The zero-order valence-electron chi connectivity index (χ0n) is 15.9. The first-order valence-corrected chi connectivity index (χ1v) is 10.5. The Bertz CT molecular complexity index is 1110. The fourth-order valence-corrected chi connectivity index (χ4v) is 4.01. The third kappa shape index (κ3) is 5.18. The standard InChI is InChI=1S/C20H19Cl2N3O3S/c1-13-12-29-20(27)24(13)9-10-28-18(26)8-7-16-14(2)23-25(19(16)22)11-15-5-3-4-6-17(15)21/h3-8,12H,9-11H2,1-2H3/b8-7+. The van der Waals surface area contributed by atoms with Crippen molar-refractivity contribution < 1.29 is 9.53 Å². The van der Waals surface area contributed by atoms with Gasteiger partial charge in [-0.25, -0.2) is 9.48 Å². The summed E-state index contributed by atoms with van der Waals surface area (Å²) in [4.78, 5) is 23.6. The van der Waals surface area contributed by atoms with Crippen LogP contribution in [0.2, 0.25) is 10.2 Å². The van der Waals surface area contributed by atoms with Gasteiger partial charge in [0.15, 0.2) is 0 Å². The number of ether oxygens (including phenoxy) is 1. The second-order valence-corrected chi connectivity index (χ2v) is 7.92. The lowest BCUT2D eigenvalue weighted by Crippen LogP contribution is -2.19. The molecule has 0 N–H and O–H groups in total. The number of nitrogens with zero attached hydrogens (tertiary/aromatic N) is 3. The highest BCUT2D eigenvalue weighted by Gasteiger charge is 2.13. The quantitative estimate of drug-likeness (QED) is 0.395. The van der Waals surface area contributed by atoms with Crippen LogP contribution < -0.4 is 4.87 Å². The number of aryl methyl sites for hydroxylation is 2. The summed E-state index contributed by atoms with van der Waals surface area (Å²) in [5.41, 5.74) is 3.07. The molecule has 9 heteroatoms. The number of carbonyl (C=O) groups excluding carboxylic acids is 1. The molecule has 0 fully saturated rings. The third-order valence-electron chi connectivity index (χ3n) is 4.31. The molecule has 0 saturated heterocycles. The number of rotatable bonds is 7. The van der Waals surface area contributed by atoms with Crippen molar-refractivity contribution in [2.24, 2.45) is 0 Å². The fraction of sp³-hybridized carbons (Fsp3) is 0.250. The maximum atomic E-state index is 12.0. The minimum absolute atomic E-state index is 0.0672. The van der Waals surface area contributed by atoms with Crippen molar-refractivity contribution in [2.75, 3.05) is 6.61 Å². The lowest BCUT2D eigenvalue weighted by atomic mass is 10.2. The summed E-state index contributed by atoms with van der Waals surface area (Å²) in [5, 5.41) is 7.24. The summed E-state index contributed by atoms with van der Waals surface area (Å²) < 4.78 is 8.38. The van der Waals surface area contributed by atoms with Crippen LogP contribution in [0.1, 0.15) is 22.5 Å². The van der Waals surface area contributed by atoms with Gasteiger partial charge in [-0.15, -0.1) is 0 Å². The topological polar surface area (TPSA) is 66.1 Å². The molecule has 0 amide bonds. The van der Waals surface area contributed by atoms with E-state index >= 15 is 0 Å². The van der Waals surface area contributed by atoms with Gasteiger partial charge in [0.25, 0.3) is 0 Å². The Morgan fingerprint density at radius 3 is 2.72 bits per heavy atom. The average Bonchev–Trinajstić information content (AvgIpc) is 3.14. The number of hydrogen-bond donors (Lipinski definition) is 0. The molecule has 2 aromatic heterocycles. The number of esters is 1. The molecule has 3 aromatic rings. The molecule has 2 heterocycles. The van der Waals surface area contributed by atoms with Gasteiger partial charge in [-0.1, -0.05) is 52.7 Å². The Morgan fingerprint density at radius 1 is 1.28 bits per heavy atom. The minimum Gasteiger partial charge on any atom is -0.461 e. The van der Waals surface area contributed by atoms with Crippen molar-refractivity contribution in [1.29, 1.82) is 0 Å². The van der Waals surface area contributed by atoms with Crippen molar-refractivity contribution in [3.63, 3.8) is 0 Å². The van der Waals surface area contributed by atoms with E-state index in [1.54, 1.807) is 20.7 Å². The van der Waals surface area contributed by atoms with E-state index in [-0.39, 0.29) is 11.5 Å². The molecule has 0 aliphatic heterocycles. The van der Waals surface area contributed by atoms with E-state index in [1.807, 2.05) is 38.1 Å².